The van der Waals surface area contributed by atoms with Gasteiger partial charge in [0.25, 0.3) is 0 Å². The van der Waals surface area contributed by atoms with Crippen molar-refractivity contribution >= 4 is 0 Å². The Balaban J connectivity index is 2.88. The Morgan fingerprint density at radius 1 is 1.22 bits per heavy atom. The maximum absolute atomic E-state index is 12.2. The fourth-order valence-corrected chi connectivity index (χ4v) is 1.35. The van der Waals surface area contributed by atoms with Crippen molar-refractivity contribution < 1.29 is 22.7 Å². The standard InChI is InChI=1S/C7H6F.Zn/c1-6-2-4-7(8)5-3-6;/h2-5H,1H2;. The predicted octanol–water partition coefficient (Wildman–Crippen LogP) is 1.87. The van der Waals surface area contributed by atoms with Gasteiger partial charge in [-0.25, -0.2) is 0 Å². The van der Waals surface area contributed by atoms with Crippen LogP contribution in [-0.2, 0) is 23.3 Å². The van der Waals surface area contributed by atoms with E-state index in [0.29, 0.717) is 0 Å². The molecule has 0 radical (unpaired) electrons. The molecule has 1 aromatic carbocycles. The summed E-state index contributed by atoms with van der Waals surface area (Å²) in [7, 11) is 0. The van der Waals surface area contributed by atoms with Crippen molar-refractivity contribution in [2.45, 2.75) is 5.02 Å². The molecule has 0 amide bonds. The molecular formula is C7H6FZn. The first-order valence-corrected chi connectivity index (χ1v) is 4.96. The van der Waals surface area contributed by atoms with Crippen LogP contribution in [0.3, 0.4) is 0 Å². The van der Waals surface area contributed by atoms with Gasteiger partial charge < -0.3 is 0 Å². The Morgan fingerprint density at radius 2 is 1.78 bits per heavy atom. The van der Waals surface area contributed by atoms with Gasteiger partial charge >= 0.3 is 63.4 Å². The van der Waals surface area contributed by atoms with Gasteiger partial charge in [-0.2, -0.15) is 0 Å². The van der Waals surface area contributed by atoms with E-state index in [1.807, 2.05) is 12.1 Å². The van der Waals surface area contributed by atoms with Crippen LogP contribution < -0.4 is 0 Å². The molecule has 0 aliphatic carbocycles. The summed E-state index contributed by atoms with van der Waals surface area (Å²) in [5.41, 5.74) is 1.23. The molecule has 43 valence electrons. The summed E-state index contributed by atoms with van der Waals surface area (Å²) < 4.78 is 12.2. The number of benzene rings is 1. The molecule has 0 saturated heterocycles. The Morgan fingerprint density at radius 3 is 2.22 bits per heavy atom. The van der Waals surface area contributed by atoms with Crippen molar-refractivity contribution in [3.8, 4) is 0 Å². The fraction of sp³-hybridized carbons (Fsp3) is 0.143. The third-order valence-electron chi connectivity index (χ3n) is 1.20. The van der Waals surface area contributed by atoms with Gasteiger partial charge in [0, 0.05) is 0 Å². The van der Waals surface area contributed by atoms with E-state index >= 15 is 0 Å². The van der Waals surface area contributed by atoms with Crippen LogP contribution >= 0.6 is 0 Å². The maximum atomic E-state index is 12.2. The Kier molecular flexibility index (Phi) is 2.35. The number of halogens is 1. The van der Waals surface area contributed by atoms with Gasteiger partial charge in [-0.3, -0.25) is 0 Å². The first kappa shape index (κ1) is 6.89. The monoisotopic (exact) mass is 173 g/mol. The van der Waals surface area contributed by atoms with Gasteiger partial charge in [-0.15, -0.1) is 0 Å². The molecule has 0 aliphatic rings. The van der Waals surface area contributed by atoms with Crippen molar-refractivity contribution in [2.75, 3.05) is 0 Å². The van der Waals surface area contributed by atoms with Crippen LogP contribution in [0.1, 0.15) is 5.56 Å². The van der Waals surface area contributed by atoms with Gasteiger partial charge in [0.2, 0.25) is 0 Å². The number of hydrogen-bond acceptors (Lipinski definition) is 0. The molecule has 0 unspecified atom stereocenters. The second-order valence-corrected chi connectivity index (χ2v) is 2.93. The molecule has 9 heavy (non-hydrogen) atoms. The Labute approximate surface area is 63.8 Å². The SMILES string of the molecule is Fc1ccc([CH2][Zn])cc1. The van der Waals surface area contributed by atoms with E-state index in [1.165, 1.54) is 36.0 Å². The van der Waals surface area contributed by atoms with E-state index in [-0.39, 0.29) is 5.82 Å². The Hall–Kier alpha value is -0.227. The van der Waals surface area contributed by atoms with Crippen molar-refractivity contribution in [2.24, 2.45) is 0 Å². The summed E-state index contributed by atoms with van der Waals surface area (Å²) in [5.74, 6) is -0.146. The molecular weight excluding hydrogens is 168 g/mol. The molecule has 0 nitrogen and oxygen atoms in total. The summed E-state index contributed by atoms with van der Waals surface area (Å²) in [6.07, 6.45) is 0. The molecule has 0 aliphatic heterocycles. The van der Waals surface area contributed by atoms with Gasteiger partial charge in [-0.05, 0) is 0 Å². The van der Waals surface area contributed by atoms with Crippen LogP contribution in [-0.4, -0.2) is 0 Å². The molecule has 0 spiro atoms. The van der Waals surface area contributed by atoms with E-state index in [0.717, 1.165) is 5.02 Å². The van der Waals surface area contributed by atoms with Crippen LogP contribution in [0.15, 0.2) is 24.3 Å². The van der Waals surface area contributed by atoms with E-state index in [2.05, 4.69) is 0 Å². The minimum atomic E-state index is -0.146. The zero-order chi connectivity index (χ0) is 6.69. The molecule has 0 bridgehead atoms. The molecule has 0 aromatic heterocycles. The number of rotatable bonds is 1. The van der Waals surface area contributed by atoms with Gasteiger partial charge in [-0.1, -0.05) is 0 Å². The van der Waals surface area contributed by atoms with Crippen LogP contribution in [0.4, 0.5) is 4.39 Å². The molecule has 0 N–H and O–H groups in total. The molecule has 0 saturated carbocycles. The minimum absolute atomic E-state index is 0.146. The van der Waals surface area contributed by atoms with E-state index < -0.39 is 0 Å². The summed E-state index contributed by atoms with van der Waals surface area (Å²) in [5, 5.41) is 1.10. The van der Waals surface area contributed by atoms with Crippen molar-refractivity contribution in [3.63, 3.8) is 0 Å². The average molecular weight is 175 g/mol. The first-order chi connectivity index (χ1) is 4.33. The van der Waals surface area contributed by atoms with Gasteiger partial charge in [0.1, 0.15) is 0 Å². The predicted molar refractivity (Wildman–Crippen MR) is 30.1 cm³/mol. The molecule has 2 heteroatoms. The molecule has 0 heterocycles. The van der Waals surface area contributed by atoms with Gasteiger partial charge in [0.05, 0.1) is 0 Å². The van der Waals surface area contributed by atoms with E-state index in [4.69, 9.17) is 0 Å². The third-order valence-corrected chi connectivity index (χ3v) is 2.41. The second kappa shape index (κ2) is 3.07. The van der Waals surface area contributed by atoms with E-state index in [1.54, 1.807) is 0 Å². The summed E-state index contributed by atoms with van der Waals surface area (Å²) in [6.45, 7) is 0. The summed E-state index contributed by atoms with van der Waals surface area (Å²) in [4.78, 5) is 0. The van der Waals surface area contributed by atoms with Crippen molar-refractivity contribution in [3.05, 3.63) is 35.6 Å². The zero-order valence-corrected chi connectivity index (χ0v) is 8.07. The molecule has 0 fully saturated rings. The molecule has 1 aromatic rings. The molecule has 0 atom stereocenters. The fourth-order valence-electron chi connectivity index (χ4n) is 0.651. The van der Waals surface area contributed by atoms with Crippen molar-refractivity contribution in [1.29, 1.82) is 0 Å². The van der Waals surface area contributed by atoms with Crippen LogP contribution in [0.5, 0.6) is 0 Å². The van der Waals surface area contributed by atoms with Crippen LogP contribution in [0.25, 0.3) is 0 Å². The molecule has 1 rings (SSSR count). The normalized spacial score (nSPS) is 9.67. The zero-order valence-electron chi connectivity index (χ0n) is 5.10. The summed E-state index contributed by atoms with van der Waals surface area (Å²) in [6, 6.07) is 6.67. The van der Waals surface area contributed by atoms with Crippen LogP contribution in [0, 0.1) is 5.82 Å². The third kappa shape index (κ3) is 1.87. The van der Waals surface area contributed by atoms with E-state index in [9.17, 15) is 4.39 Å². The Bertz CT molecular complexity index is 181. The quantitative estimate of drug-likeness (QED) is 0.571. The average Bonchev–Trinajstić information content (AvgIpc) is 1.90. The second-order valence-electron chi connectivity index (χ2n) is 1.88. The first-order valence-electron chi connectivity index (χ1n) is 2.86. The summed E-state index contributed by atoms with van der Waals surface area (Å²) >= 11 is 1.24. The van der Waals surface area contributed by atoms with Crippen LogP contribution in [0.2, 0.25) is 0 Å². The van der Waals surface area contributed by atoms with Gasteiger partial charge in [0.15, 0.2) is 0 Å². The topological polar surface area (TPSA) is 0 Å². The number of hydrogen-bond donors (Lipinski definition) is 0. The van der Waals surface area contributed by atoms with Crippen molar-refractivity contribution in [1.82, 2.24) is 0 Å².